The molecule has 16 heavy (non-hydrogen) atoms. The number of imide groups is 1. The second-order valence-electron chi connectivity index (χ2n) is 3.64. The second kappa shape index (κ2) is 3.89. The van der Waals surface area contributed by atoms with Crippen molar-refractivity contribution in [2.45, 2.75) is 13.3 Å². The van der Waals surface area contributed by atoms with Gasteiger partial charge in [-0.25, -0.2) is 0 Å². The van der Waals surface area contributed by atoms with Crippen LogP contribution >= 0.6 is 0 Å². The van der Waals surface area contributed by atoms with Gasteiger partial charge in [0.05, 0.1) is 5.56 Å². The van der Waals surface area contributed by atoms with Crippen molar-refractivity contribution in [1.82, 2.24) is 4.90 Å². The zero-order chi connectivity index (χ0) is 11.7. The van der Waals surface area contributed by atoms with Gasteiger partial charge in [-0.2, -0.15) is 0 Å². The number of ketones is 1. The lowest BCUT2D eigenvalue weighted by Gasteiger charge is -2.24. The zero-order valence-electron chi connectivity index (χ0n) is 8.90. The molecule has 0 atom stereocenters. The molecular weight excluding hydrogens is 206 g/mol. The third-order valence-corrected chi connectivity index (χ3v) is 2.53. The van der Waals surface area contributed by atoms with E-state index in [1.165, 1.54) is 6.07 Å². The number of Topliss-reactive ketones (excluding diaryl/α,β-unsaturated/α-hetero) is 1. The lowest BCUT2D eigenvalue weighted by Crippen LogP contribution is -2.46. The first kappa shape index (κ1) is 10.5. The highest BCUT2D eigenvalue weighted by Crippen LogP contribution is 2.19. The Hall–Kier alpha value is -1.97. The number of carbonyl (C=O) groups is 3. The van der Waals surface area contributed by atoms with Crippen LogP contribution in [0.15, 0.2) is 24.3 Å². The number of hydrogen-bond donors (Lipinski definition) is 0. The van der Waals surface area contributed by atoms with Crippen LogP contribution < -0.4 is 0 Å². The standard InChI is InChI=1S/C12H11NO3/c1-2-7-13-11(15)9-6-4-3-5-8(9)10(14)12(13)16/h3-6H,2,7H2,1H3. The summed E-state index contributed by atoms with van der Waals surface area (Å²) in [5.74, 6) is -1.68. The Labute approximate surface area is 92.9 Å². The van der Waals surface area contributed by atoms with Crippen molar-refractivity contribution in [3.05, 3.63) is 35.4 Å². The smallest absolute Gasteiger partial charge is 0.283 e. The molecule has 0 bridgehead atoms. The Morgan fingerprint density at radius 2 is 1.62 bits per heavy atom. The number of fused-ring (bicyclic) bond motifs is 1. The number of benzene rings is 1. The van der Waals surface area contributed by atoms with Crippen LogP contribution in [0, 0.1) is 0 Å². The van der Waals surface area contributed by atoms with Crippen molar-refractivity contribution in [3.63, 3.8) is 0 Å². The molecule has 1 aromatic rings. The molecule has 1 aliphatic heterocycles. The first-order chi connectivity index (χ1) is 7.66. The highest BCUT2D eigenvalue weighted by Gasteiger charge is 2.36. The monoisotopic (exact) mass is 217 g/mol. The third kappa shape index (κ3) is 1.43. The normalized spacial score (nSPS) is 15.3. The molecular formula is C12H11NO3. The molecule has 2 rings (SSSR count). The number of hydrogen-bond acceptors (Lipinski definition) is 3. The Bertz CT molecular complexity index is 479. The molecule has 0 radical (unpaired) electrons. The largest absolute Gasteiger partial charge is 0.301 e. The summed E-state index contributed by atoms with van der Waals surface area (Å²) >= 11 is 0. The quantitative estimate of drug-likeness (QED) is 0.553. The Morgan fingerprint density at radius 1 is 1.00 bits per heavy atom. The Balaban J connectivity index is 2.52. The van der Waals surface area contributed by atoms with E-state index in [1.807, 2.05) is 6.92 Å². The summed E-state index contributed by atoms with van der Waals surface area (Å²) < 4.78 is 0. The minimum Gasteiger partial charge on any atom is -0.283 e. The average Bonchev–Trinajstić information content (AvgIpc) is 2.32. The van der Waals surface area contributed by atoms with Gasteiger partial charge in [-0.15, -0.1) is 0 Å². The van der Waals surface area contributed by atoms with E-state index < -0.39 is 11.7 Å². The molecule has 0 saturated carbocycles. The maximum Gasteiger partial charge on any atom is 0.301 e. The van der Waals surface area contributed by atoms with Crippen LogP contribution in [0.4, 0.5) is 0 Å². The maximum absolute atomic E-state index is 11.9. The first-order valence-corrected chi connectivity index (χ1v) is 5.16. The summed E-state index contributed by atoms with van der Waals surface area (Å²) in [6, 6.07) is 6.41. The summed E-state index contributed by atoms with van der Waals surface area (Å²) in [5.41, 5.74) is 0.533. The predicted molar refractivity (Wildman–Crippen MR) is 57.1 cm³/mol. The molecule has 0 aromatic heterocycles. The molecule has 82 valence electrons. The van der Waals surface area contributed by atoms with Crippen LogP contribution in [-0.4, -0.2) is 29.0 Å². The summed E-state index contributed by atoms with van der Waals surface area (Å²) in [4.78, 5) is 36.3. The van der Waals surface area contributed by atoms with Crippen molar-refractivity contribution in [2.24, 2.45) is 0 Å². The summed E-state index contributed by atoms with van der Waals surface area (Å²) in [6.45, 7) is 2.14. The minimum absolute atomic E-state index is 0.213. The van der Waals surface area contributed by atoms with Gasteiger partial charge in [-0.1, -0.05) is 25.1 Å². The van der Waals surface area contributed by atoms with Gasteiger partial charge in [0.1, 0.15) is 0 Å². The predicted octanol–water partition coefficient (Wildman–Crippen LogP) is 1.26. The van der Waals surface area contributed by atoms with E-state index in [9.17, 15) is 14.4 Å². The first-order valence-electron chi connectivity index (χ1n) is 5.16. The summed E-state index contributed by atoms with van der Waals surface area (Å²) in [7, 11) is 0. The molecule has 1 aliphatic rings. The SMILES string of the molecule is CCCN1C(=O)C(=O)c2ccccc2C1=O. The van der Waals surface area contributed by atoms with Crippen LogP contribution in [0.2, 0.25) is 0 Å². The van der Waals surface area contributed by atoms with Gasteiger partial charge in [0.25, 0.3) is 11.7 Å². The van der Waals surface area contributed by atoms with Crippen LogP contribution in [-0.2, 0) is 4.79 Å². The molecule has 0 aliphatic carbocycles. The van der Waals surface area contributed by atoms with Crippen molar-refractivity contribution in [1.29, 1.82) is 0 Å². The zero-order valence-corrected chi connectivity index (χ0v) is 8.90. The molecule has 1 heterocycles. The van der Waals surface area contributed by atoms with Crippen molar-refractivity contribution < 1.29 is 14.4 Å². The van der Waals surface area contributed by atoms with Crippen LogP contribution in [0.5, 0.6) is 0 Å². The summed E-state index contributed by atoms with van der Waals surface area (Å²) in [6.07, 6.45) is 0.646. The van der Waals surface area contributed by atoms with Gasteiger partial charge >= 0.3 is 5.91 Å². The molecule has 4 heteroatoms. The molecule has 2 amide bonds. The van der Waals surface area contributed by atoms with Gasteiger partial charge < -0.3 is 0 Å². The lowest BCUT2D eigenvalue weighted by atomic mass is 9.97. The molecule has 0 N–H and O–H groups in total. The maximum atomic E-state index is 11.9. The molecule has 0 saturated heterocycles. The van der Waals surface area contributed by atoms with Gasteiger partial charge in [-0.3, -0.25) is 19.3 Å². The fraction of sp³-hybridized carbons (Fsp3) is 0.250. The highest BCUT2D eigenvalue weighted by molar-refractivity contribution is 6.49. The number of carbonyl (C=O) groups excluding carboxylic acids is 3. The fourth-order valence-electron chi connectivity index (χ4n) is 1.77. The number of amides is 2. The van der Waals surface area contributed by atoms with Crippen LogP contribution in [0.3, 0.4) is 0 Å². The van der Waals surface area contributed by atoms with E-state index in [2.05, 4.69) is 0 Å². The topological polar surface area (TPSA) is 54.5 Å². The molecule has 0 fully saturated rings. The van der Waals surface area contributed by atoms with Crippen molar-refractivity contribution in [3.8, 4) is 0 Å². The third-order valence-electron chi connectivity index (χ3n) is 2.53. The fourth-order valence-corrected chi connectivity index (χ4v) is 1.77. The number of rotatable bonds is 2. The highest BCUT2D eigenvalue weighted by atomic mass is 16.2. The van der Waals surface area contributed by atoms with E-state index in [0.29, 0.717) is 12.0 Å². The van der Waals surface area contributed by atoms with E-state index in [4.69, 9.17) is 0 Å². The van der Waals surface area contributed by atoms with E-state index in [0.717, 1.165) is 4.90 Å². The Morgan fingerprint density at radius 3 is 2.25 bits per heavy atom. The molecule has 1 aromatic carbocycles. The van der Waals surface area contributed by atoms with Crippen LogP contribution in [0.25, 0.3) is 0 Å². The van der Waals surface area contributed by atoms with Crippen molar-refractivity contribution in [2.75, 3.05) is 6.54 Å². The van der Waals surface area contributed by atoms with Gasteiger partial charge in [-0.05, 0) is 12.5 Å². The summed E-state index contributed by atoms with van der Waals surface area (Å²) in [5, 5.41) is 0. The molecule has 0 spiro atoms. The van der Waals surface area contributed by atoms with Gasteiger partial charge in [0.2, 0.25) is 0 Å². The lowest BCUT2D eigenvalue weighted by molar-refractivity contribution is -0.124. The van der Waals surface area contributed by atoms with Gasteiger partial charge in [0, 0.05) is 12.1 Å². The van der Waals surface area contributed by atoms with E-state index in [-0.39, 0.29) is 18.0 Å². The Kier molecular flexibility index (Phi) is 2.56. The van der Waals surface area contributed by atoms with Gasteiger partial charge in [0.15, 0.2) is 0 Å². The number of nitrogens with zero attached hydrogens (tertiary/aromatic N) is 1. The van der Waals surface area contributed by atoms with Crippen LogP contribution in [0.1, 0.15) is 34.1 Å². The van der Waals surface area contributed by atoms with E-state index in [1.54, 1.807) is 18.2 Å². The molecule has 4 nitrogen and oxygen atoms in total. The second-order valence-corrected chi connectivity index (χ2v) is 3.64. The molecule has 0 unspecified atom stereocenters. The van der Waals surface area contributed by atoms with Crippen molar-refractivity contribution >= 4 is 17.6 Å². The van der Waals surface area contributed by atoms with E-state index >= 15 is 0 Å². The minimum atomic E-state index is -0.717. The average molecular weight is 217 g/mol.